The minimum Gasteiger partial charge on any atom is -0.409 e. The molecule has 1 aliphatic rings. The van der Waals surface area contributed by atoms with Gasteiger partial charge in [-0.25, -0.2) is 12.8 Å². The van der Waals surface area contributed by atoms with E-state index in [9.17, 15) is 12.8 Å². The topological polar surface area (TPSA) is 105 Å². The maximum Gasteiger partial charge on any atom is 0.170 e. The van der Waals surface area contributed by atoms with Crippen molar-refractivity contribution in [3.63, 3.8) is 0 Å². The van der Waals surface area contributed by atoms with E-state index >= 15 is 0 Å². The van der Waals surface area contributed by atoms with Gasteiger partial charge in [0.1, 0.15) is 5.82 Å². The van der Waals surface area contributed by atoms with Crippen LogP contribution in [0.25, 0.3) is 0 Å². The highest BCUT2D eigenvalue weighted by Gasteiger charge is 2.30. The minimum absolute atomic E-state index is 0.172. The average Bonchev–Trinajstić information content (AvgIpc) is 2.76. The molecule has 1 fully saturated rings. The number of oxime groups is 1. The molecule has 1 aliphatic heterocycles. The van der Waals surface area contributed by atoms with Gasteiger partial charge in [-0.15, -0.1) is 0 Å². The molecule has 1 unspecified atom stereocenters. The molecule has 0 aromatic heterocycles. The van der Waals surface area contributed by atoms with Crippen LogP contribution in [0.2, 0.25) is 0 Å². The first-order chi connectivity index (χ1) is 9.92. The summed E-state index contributed by atoms with van der Waals surface area (Å²) in [4.78, 5) is 0. The van der Waals surface area contributed by atoms with Crippen molar-refractivity contribution in [2.75, 3.05) is 12.3 Å². The van der Waals surface area contributed by atoms with Gasteiger partial charge < -0.3 is 16.3 Å². The predicted octanol–water partition coefficient (Wildman–Crippen LogP) is 0.587. The monoisotopic (exact) mass is 315 g/mol. The Labute approximate surface area is 122 Å². The van der Waals surface area contributed by atoms with Gasteiger partial charge in [0.05, 0.1) is 11.0 Å². The molecule has 0 amide bonds. The number of nitrogens with two attached hydrogens (primary N) is 1. The lowest BCUT2D eigenvalue weighted by Crippen LogP contribution is -2.30. The number of benzene rings is 1. The summed E-state index contributed by atoms with van der Waals surface area (Å²) in [6.07, 6.45) is 1.36. The summed E-state index contributed by atoms with van der Waals surface area (Å²) < 4.78 is 36.8. The van der Waals surface area contributed by atoms with E-state index < -0.39 is 15.7 Å². The molecule has 1 heterocycles. The molecule has 0 bridgehead atoms. The summed E-state index contributed by atoms with van der Waals surface area (Å²) in [5.74, 6) is -0.425. The number of hydrogen-bond acceptors (Lipinski definition) is 5. The maximum absolute atomic E-state index is 13.5. The van der Waals surface area contributed by atoms with Gasteiger partial charge in [0.25, 0.3) is 0 Å². The van der Waals surface area contributed by atoms with Gasteiger partial charge in [-0.1, -0.05) is 5.16 Å². The molecule has 0 saturated carbocycles. The van der Waals surface area contributed by atoms with Crippen LogP contribution in [0.3, 0.4) is 0 Å². The van der Waals surface area contributed by atoms with Crippen molar-refractivity contribution in [1.29, 1.82) is 0 Å². The van der Waals surface area contributed by atoms with Gasteiger partial charge in [0.2, 0.25) is 0 Å². The molecule has 8 heteroatoms. The lowest BCUT2D eigenvalue weighted by molar-refractivity contribution is 0.318. The first kappa shape index (κ1) is 15.7. The van der Waals surface area contributed by atoms with E-state index in [4.69, 9.17) is 10.9 Å². The van der Waals surface area contributed by atoms with E-state index in [0.29, 0.717) is 31.5 Å². The third-order valence-corrected chi connectivity index (χ3v) is 5.80. The van der Waals surface area contributed by atoms with Crippen LogP contribution in [-0.4, -0.2) is 37.0 Å². The van der Waals surface area contributed by atoms with Crippen LogP contribution >= 0.6 is 0 Å². The Kier molecular flexibility index (Phi) is 4.79. The molecule has 1 saturated heterocycles. The van der Waals surface area contributed by atoms with Gasteiger partial charge in [-0.2, -0.15) is 0 Å². The number of halogens is 1. The summed E-state index contributed by atoms with van der Waals surface area (Å²) in [6.45, 7) is 0.660. The molecule has 0 aliphatic carbocycles. The fourth-order valence-corrected chi connectivity index (χ4v) is 4.22. The zero-order valence-electron chi connectivity index (χ0n) is 11.4. The molecule has 4 N–H and O–H groups in total. The third-order valence-electron chi connectivity index (χ3n) is 3.53. The van der Waals surface area contributed by atoms with Crippen LogP contribution in [0.15, 0.2) is 23.4 Å². The number of rotatable bonds is 5. The number of nitrogens with zero attached hydrogens (tertiary/aromatic N) is 1. The zero-order valence-corrected chi connectivity index (χ0v) is 12.2. The second-order valence-corrected chi connectivity index (χ2v) is 7.50. The minimum atomic E-state index is -2.98. The lowest BCUT2D eigenvalue weighted by atomic mass is 10.1. The van der Waals surface area contributed by atoms with E-state index in [-0.39, 0.29) is 22.4 Å². The Morgan fingerprint density at radius 1 is 1.48 bits per heavy atom. The number of nitrogens with one attached hydrogen (secondary N) is 1. The third kappa shape index (κ3) is 3.92. The standard InChI is InChI=1S/C13H18FN3O3S/c14-11-5-9(4-10(6-11)13(15)17-18)7-16-8-12-2-1-3-21(12,19)20/h4-6,12,16,18H,1-3,7-8H2,(H2,15,17). The normalized spacial score (nSPS) is 21.6. The Morgan fingerprint density at radius 2 is 2.24 bits per heavy atom. The van der Waals surface area contributed by atoms with Crippen LogP contribution in [0, 0.1) is 5.82 Å². The second kappa shape index (κ2) is 6.40. The summed E-state index contributed by atoms with van der Waals surface area (Å²) in [5.41, 5.74) is 6.31. The van der Waals surface area contributed by atoms with Crippen molar-refractivity contribution >= 4 is 15.7 Å². The molecule has 1 aromatic carbocycles. The van der Waals surface area contributed by atoms with Crippen LogP contribution in [-0.2, 0) is 16.4 Å². The van der Waals surface area contributed by atoms with E-state index in [1.165, 1.54) is 12.1 Å². The second-order valence-electron chi connectivity index (χ2n) is 5.10. The maximum atomic E-state index is 13.5. The molecular weight excluding hydrogens is 297 g/mol. The van der Waals surface area contributed by atoms with Crippen LogP contribution in [0.5, 0.6) is 0 Å². The fraction of sp³-hybridized carbons (Fsp3) is 0.462. The highest BCUT2D eigenvalue weighted by Crippen LogP contribution is 2.19. The molecule has 116 valence electrons. The van der Waals surface area contributed by atoms with Crippen molar-refractivity contribution in [1.82, 2.24) is 5.32 Å². The average molecular weight is 315 g/mol. The first-order valence-corrected chi connectivity index (χ1v) is 8.33. The fourth-order valence-electron chi connectivity index (χ4n) is 2.42. The van der Waals surface area contributed by atoms with Gasteiger partial charge in [0, 0.05) is 18.7 Å². The Morgan fingerprint density at radius 3 is 2.86 bits per heavy atom. The molecule has 1 aromatic rings. The quantitative estimate of drug-likeness (QED) is 0.319. The van der Waals surface area contributed by atoms with E-state index in [0.717, 1.165) is 0 Å². The first-order valence-electron chi connectivity index (χ1n) is 6.62. The number of sulfone groups is 1. The Hall–Kier alpha value is -1.67. The Bertz CT molecular complexity index is 646. The van der Waals surface area contributed by atoms with Crippen molar-refractivity contribution in [3.05, 3.63) is 35.1 Å². The zero-order chi connectivity index (χ0) is 15.5. The van der Waals surface area contributed by atoms with E-state index in [2.05, 4.69) is 10.5 Å². The highest BCUT2D eigenvalue weighted by molar-refractivity contribution is 7.92. The smallest absolute Gasteiger partial charge is 0.170 e. The molecule has 2 rings (SSSR count). The van der Waals surface area contributed by atoms with E-state index in [1.54, 1.807) is 6.07 Å². The molecule has 0 spiro atoms. The predicted molar refractivity (Wildman–Crippen MR) is 77.4 cm³/mol. The molecule has 0 radical (unpaired) electrons. The van der Waals surface area contributed by atoms with Gasteiger partial charge >= 0.3 is 0 Å². The molecule has 1 atom stereocenters. The van der Waals surface area contributed by atoms with Crippen LogP contribution in [0.1, 0.15) is 24.0 Å². The summed E-state index contributed by atoms with van der Waals surface area (Å²) in [7, 11) is -2.98. The van der Waals surface area contributed by atoms with E-state index in [1.807, 2.05) is 0 Å². The van der Waals surface area contributed by atoms with Crippen molar-refractivity contribution in [2.24, 2.45) is 10.9 Å². The summed E-state index contributed by atoms with van der Waals surface area (Å²) >= 11 is 0. The number of amidine groups is 1. The number of hydrogen-bond donors (Lipinski definition) is 3. The van der Waals surface area contributed by atoms with Crippen LogP contribution in [0.4, 0.5) is 4.39 Å². The summed E-state index contributed by atoms with van der Waals surface area (Å²) in [5, 5.41) is 14.1. The molecule has 21 heavy (non-hydrogen) atoms. The Balaban J connectivity index is 1.99. The highest BCUT2D eigenvalue weighted by atomic mass is 32.2. The summed E-state index contributed by atoms with van der Waals surface area (Å²) in [6, 6.07) is 4.08. The lowest BCUT2D eigenvalue weighted by Gasteiger charge is -2.11. The SMILES string of the molecule is N/C(=N/O)c1cc(F)cc(CNCC2CCCS2(=O)=O)c1. The van der Waals surface area contributed by atoms with Crippen molar-refractivity contribution < 1.29 is 18.0 Å². The van der Waals surface area contributed by atoms with Crippen LogP contribution < -0.4 is 11.1 Å². The largest absolute Gasteiger partial charge is 0.409 e. The van der Waals surface area contributed by atoms with Crippen molar-refractivity contribution in [3.8, 4) is 0 Å². The van der Waals surface area contributed by atoms with Gasteiger partial charge in [0.15, 0.2) is 15.7 Å². The van der Waals surface area contributed by atoms with Crippen molar-refractivity contribution in [2.45, 2.75) is 24.6 Å². The van der Waals surface area contributed by atoms with Gasteiger partial charge in [-0.05, 0) is 36.6 Å². The molecule has 6 nitrogen and oxygen atoms in total. The molecular formula is C13H18FN3O3S. The van der Waals surface area contributed by atoms with Gasteiger partial charge in [-0.3, -0.25) is 0 Å².